The fourth-order valence-corrected chi connectivity index (χ4v) is 2.37. The lowest BCUT2D eigenvalue weighted by Gasteiger charge is -2.57. The van der Waals surface area contributed by atoms with Gasteiger partial charge in [-0.3, -0.25) is 14.5 Å². The van der Waals surface area contributed by atoms with Gasteiger partial charge in [-0.2, -0.15) is 0 Å². The molecular weight excluding hydrogens is 224 g/mol. The molecule has 1 N–H and O–H groups in total. The standard InChI is InChI=1S/C11H20N2O4/c1-10(2,3)11(8(14)12(4)17-5)6-7-13(11)9(15)16/h6-7H2,1-5H3,(H,15,16). The Morgan fingerprint density at radius 3 is 2.18 bits per heavy atom. The van der Waals surface area contributed by atoms with E-state index in [2.05, 4.69) is 0 Å². The average molecular weight is 244 g/mol. The summed E-state index contributed by atoms with van der Waals surface area (Å²) in [5, 5.41) is 10.2. The number of nitrogens with zero attached hydrogens (tertiary/aromatic N) is 2. The summed E-state index contributed by atoms with van der Waals surface area (Å²) in [6.07, 6.45) is -0.543. The van der Waals surface area contributed by atoms with Crippen LogP contribution in [0.3, 0.4) is 0 Å². The van der Waals surface area contributed by atoms with Crippen molar-refractivity contribution in [1.29, 1.82) is 0 Å². The van der Waals surface area contributed by atoms with Crippen molar-refractivity contribution in [2.75, 3.05) is 20.7 Å². The molecule has 0 aromatic heterocycles. The molecule has 1 saturated heterocycles. The molecule has 0 aromatic carbocycles. The van der Waals surface area contributed by atoms with Crippen LogP contribution in [0.5, 0.6) is 0 Å². The molecule has 0 bridgehead atoms. The smallest absolute Gasteiger partial charge is 0.408 e. The van der Waals surface area contributed by atoms with Gasteiger partial charge in [0.1, 0.15) is 5.54 Å². The Morgan fingerprint density at radius 1 is 1.41 bits per heavy atom. The first-order chi connectivity index (χ1) is 7.68. The van der Waals surface area contributed by atoms with Gasteiger partial charge in [-0.25, -0.2) is 9.86 Å². The Morgan fingerprint density at radius 2 is 1.94 bits per heavy atom. The van der Waals surface area contributed by atoms with E-state index in [-0.39, 0.29) is 5.91 Å². The van der Waals surface area contributed by atoms with Crippen molar-refractivity contribution in [1.82, 2.24) is 9.96 Å². The van der Waals surface area contributed by atoms with Gasteiger partial charge in [0.05, 0.1) is 7.11 Å². The van der Waals surface area contributed by atoms with Crippen molar-refractivity contribution in [3.63, 3.8) is 0 Å². The summed E-state index contributed by atoms with van der Waals surface area (Å²) < 4.78 is 0. The summed E-state index contributed by atoms with van der Waals surface area (Å²) in [4.78, 5) is 29.6. The average Bonchev–Trinajstić information content (AvgIpc) is 2.11. The van der Waals surface area contributed by atoms with Gasteiger partial charge in [0.15, 0.2) is 0 Å². The van der Waals surface area contributed by atoms with Crippen LogP contribution < -0.4 is 0 Å². The molecule has 2 amide bonds. The normalized spacial score (nSPS) is 24.2. The van der Waals surface area contributed by atoms with Crippen LogP contribution in [0.4, 0.5) is 4.79 Å². The number of amides is 2. The third kappa shape index (κ3) is 1.86. The predicted molar refractivity (Wildman–Crippen MR) is 61.3 cm³/mol. The van der Waals surface area contributed by atoms with Crippen molar-refractivity contribution >= 4 is 12.0 Å². The van der Waals surface area contributed by atoms with E-state index in [1.165, 1.54) is 19.1 Å². The first kappa shape index (κ1) is 13.8. The van der Waals surface area contributed by atoms with Gasteiger partial charge in [0.25, 0.3) is 5.91 Å². The Bertz CT molecular complexity index is 337. The van der Waals surface area contributed by atoms with Crippen LogP contribution in [0.2, 0.25) is 0 Å². The molecule has 1 rings (SSSR count). The molecule has 1 atom stereocenters. The van der Waals surface area contributed by atoms with Crippen molar-refractivity contribution in [2.45, 2.75) is 32.7 Å². The van der Waals surface area contributed by atoms with Crippen LogP contribution in [0, 0.1) is 5.41 Å². The highest BCUT2D eigenvalue weighted by Crippen LogP contribution is 2.46. The van der Waals surface area contributed by atoms with Gasteiger partial charge in [-0.05, 0) is 11.8 Å². The van der Waals surface area contributed by atoms with Gasteiger partial charge in [0, 0.05) is 13.6 Å². The van der Waals surface area contributed by atoms with Gasteiger partial charge in [-0.15, -0.1) is 0 Å². The Labute approximate surface area is 101 Å². The zero-order valence-electron chi connectivity index (χ0n) is 11.0. The van der Waals surface area contributed by atoms with E-state index in [9.17, 15) is 9.59 Å². The summed E-state index contributed by atoms with van der Waals surface area (Å²) in [7, 11) is 2.88. The summed E-state index contributed by atoms with van der Waals surface area (Å²) in [5.74, 6) is -0.318. The molecule has 0 aliphatic carbocycles. The molecule has 1 fully saturated rings. The van der Waals surface area contributed by atoms with Gasteiger partial charge in [-0.1, -0.05) is 20.8 Å². The molecule has 6 nitrogen and oxygen atoms in total. The maximum atomic E-state index is 12.3. The highest BCUT2D eigenvalue weighted by Gasteiger charge is 2.61. The minimum absolute atomic E-state index is 0.318. The fourth-order valence-electron chi connectivity index (χ4n) is 2.37. The summed E-state index contributed by atoms with van der Waals surface area (Å²) in [5.41, 5.74) is -1.50. The van der Waals surface area contributed by atoms with Crippen LogP contribution in [0.15, 0.2) is 0 Å². The molecule has 1 aliphatic rings. The second-order valence-corrected chi connectivity index (χ2v) is 5.28. The minimum atomic E-state index is -1.07. The maximum absolute atomic E-state index is 12.3. The quantitative estimate of drug-likeness (QED) is 0.740. The zero-order chi connectivity index (χ0) is 13.4. The fraction of sp³-hybridized carbons (Fsp3) is 0.818. The monoisotopic (exact) mass is 244 g/mol. The largest absolute Gasteiger partial charge is 0.465 e. The number of carbonyl (C=O) groups is 2. The van der Waals surface area contributed by atoms with Crippen molar-refractivity contribution in [2.24, 2.45) is 5.41 Å². The lowest BCUT2D eigenvalue weighted by molar-refractivity contribution is -0.198. The van der Waals surface area contributed by atoms with E-state index < -0.39 is 17.0 Å². The van der Waals surface area contributed by atoms with Gasteiger partial charge in [0.2, 0.25) is 0 Å². The number of hydroxylamine groups is 2. The number of hydrogen-bond acceptors (Lipinski definition) is 3. The number of likely N-dealkylation sites (tertiary alicyclic amines) is 1. The third-order valence-electron chi connectivity index (χ3n) is 3.54. The lowest BCUT2D eigenvalue weighted by atomic mass is 9.65. The number of likely N-dealkylation sites (N-methyl/N-ethyl adjacent to an activating group) is 1. The van der Waals surface area contributed by atoms with E-state index in [4.69, 9.17) is 9.94 Å². The van der Waals surface area contributed by atoms with Crippen LogP contribution >= 0.6 is 0 Å². The summed E-state index contributed by atoms with van der Waals surface area (Å²) in [6.45, 7) is 5.98. The SMILES string of the molecule is CON(C)C(=O)C1(C(C)(C)C)CCN1C(=O)O. The minimum Gasteiger partial charge on any atom is -0.465 e. The first-order valence-electron chi connectivity index (χ1n) is 5.51. The molecule has 0 aromatic rings. The van der Waals surface area contributed by atoms with E-state index in [1.807, 2.05) is 20.8 Å². The molecule has 17 heavy (non-hydrogen) atoms. The number of rotatable bonds is 2. The highest BCUT2D eigenvalue weighted by molar-refractivity contribution is 5.91. The van der Waals surface area contributed by atoms with Crippen molar-refractivity contribution in [3.05, 3.63) is 0 Å². The molecule has 1 aliphatic heterocycles. The Hall–Kier alpha value is -1.30. The summed E-state index contributed by atoms with van der Waals surface area (Å²) >= 11 is 0. The zero-order valence-corrected chi connectivity index (χ0v) is 11.0. The molecule has 0 radical (unpaired) electrons. The van der Waals surface area contributed by atoms with Gasteiger partial charge >= 0.3 is 6.09 Å². The number of hydrogen-bond donors (Lipinski definition) is 1. The van der Waals surface area contributed by atoms with Crippen LogP contribution in [0.25, 0.3) is 0 Å². The molecular formula is C11H20N2O4. The third-order valence-corrected chi connectivity index (χ3v) is 3.54. The molecule has 1 heterocycles. The second-order valence-electron chi connectivity index (χ2n) is 5.28. The topological polar surface area (TPSA) is 70.1 Å². The van der Waals surface area contributed by atoms with Crippen molar-refractivity contribution in [3.8, 4) is 0 Å². The van der Waals surface area contributed by atoms with Gasteiger partial charge < -0.3 is 5.11 Å². The van der Waals surface area contributed by atoms with Crippen molar-refractivity contribution < 1.29 is 19.5 Å². The predicted octanol–water partition coefficient (Wildman–Crippen LogP) is 1.17. The molecule has 1 unspecified atom stereocenters. The maximum Gasteiger partial charge on any atom is 0.408 e. The lowest BCUT2D eigenvalue weighted by Crippen LogP contribution is -2.74. The summed E-state index contributed by atoms with van der Waals surface area (Å²) in [6, 6.07) is 0. The van der Waals surface area contributed by atoms with Crippen LogP contribution in [0.1, 0.15) is 27.2 Å². The molecule has 6 heteroatoms. The number of carbonyl (C=O) groups excluding carboxylic acids is 1. The molecule has 0 saturated carbocycles. The second kappa shape index (κ2) is 4.18. The van der Waals surface area contributed by atoms with E-state index in [1.54, 1.807) is 0 Å². The highest BCUT2D eigenvalue weighted by atomic mass is 16.7. The van der Waals surface area contributed by atoms with E-state index in [0.29, 0.717) is 13.0 Å². The molecule has 98 valence electrons. The first-order valence-corrected chi connectivity index (χ1v) is 5.51. The Balaban J connectivity index is 3.14. The van der Waals surface area contributed by atoms with Crippen LogP contribution in [-0.4, -0.2) is 53.3 Å². The molecule has 0 spiro atoms. The Kier molecular flexibility index (Phi) is 3.38. The van der Waals surface area contributed by atoms with E-state index in [0.717, 1.165) is 5.06 Å². The number of carboxylic acid groups (broad SMARTS) is 1. The van der Waals surface area contributed by atoms with E-state index >= 15 is 0 Å². The van der Waals surface area contributed by atoms with Crippen LogP contribution in [-0.2, 0) is 9.63 Å².